The summed E-state index contributed by atoms with van der Waals surface area (Å²) in [6.07, 6.45) is 0. The molecule has 8 heteroatoms. The third-order valence-corrected chi connectivity index (χ3v) is 5.27. The fourth-order valence-corrected chi connectivity index (χ4v) is 3.53. The first-order valence-corrected chi connectivity index (χ1v) is 10.5. The molecule has 3 amide bonds. The number of carbonyl (C=O) groups is 3. The highest BCUT2D eigenvalue weighted by Crippen LogP contribution is 2.16. The van der Waals surface area contributed by atoms with Gasteiger partial charge < -0.3 is 15.5 Å². The van der Waals surface area contributed by atoms with Crippen molar-refractivity contribution >= 4 is 51.1 Å². The summed E-state index contributed by atoms with van der Waals surface area (Å²) in [5, 5.41) is 5.37. The monoisotopic (exact) mass is 463 g/mol. The molecule has 0 aromatic heterocycles. The van der Waals surface area contributed by atoms with Crippen LogP contribution < -0.4 is 10.6 Å². The zero-order valence-corrected chi connectivity index (χ0v) is 18.1. The SMILES string of the molecule is CNC(=O)c1ccc(CN(C)C(=O)CSCC(=O)Nc2cccc(Br)c2)cc1. The Labute approximate surface area is 177 Å². The van der Waals surface area contributed by atoms with Crippen LogP contribution in [0, 0.1) is 0 Å². The molecule has 6 nitrogen and oxygen atoms in total. The number of nitrogens with one attached hydrogen (secondary N) is 2. The average molecular weight is 464 g/mol. The van der Waals surface area contributed by atoms with Crippen LogP contribution in [0.4, 0.5) is 5.69 Å². The number of hydrogen-bond acceptors (Lipinski definition) is 4. The number of anilines is 1. The molecule has 0 saturated heterocycles. The summed E-state index contributed by atoms with van der Waals surface area (Å²) < 4.78 is 0.887. The Morgan fingerprint density at radius 3 is 2.43 bits per heavy atom. The maximum atomic E-state index is 12.3. The molecule has 0 saturated carbocycles. The zero-order valence-electron chi connectivity index (χ0n) is 15.7. The molecule has 0 aliphatic heterocycles. The summed E-state index contributed by atoms with van der Waals surface area (Å²) in [5.74, 6) is 0.0681. The van der Waals surface area contributed by atoms with E-state index < -0.39 is 0 Å². The van der Waals surface area contributed by atoms with Crippen molar-refractivity contribution in [3.8, 4) is 0 Å². The molecule has 0 aliphatic rings. The highest BCUT2D eigenvalue weighted by molar-refractivity contribution is 9.10. The van der Waals surface area contributed by atoms with Crippen molar-refractivity contribution in [1.82, 2.24) is 10.2 Å². The summed E-state index contributed by atoms with van der Waals surface area (Å²) in [6, 6.07) is 14.5. The van der Waals surface area contributed by atoms with Gasteiger partial charge in [-0.3, -0.25) is 14.4 Å². The molecule has 28 heavy (non-hydrogen) atoms. The van der Waals surface area contributed by atoms with E-state index in [4.69, 9.17) is 0 Å². The molecule has 0 heterocycles. The van der Waals surface area contributed by atoms with Gasteiger partial charge in [0.1, 0.15) is 0 Å². The topological polar surface area (TPSA) is 78.5 Å². The molecule has 0 radical (unpaired) electrons. The van der Waals surface area contributed by atoms with E-state index in [9.17, 15) is 14.4 Å². The maximum absolute atomic E-state index is 12.3. The van der Waals surface area contributed by atoms with E-state index in [1.807, 2.05) is 36.4 Å². The third kappa shape index (κ3) is 7.01. The fourth-order valence-electron chi connectivity index (χ4n) is 2.37. The molecule has 0 aliphatic carbocycles. The predicted octanol–water partition coefficient (Wildman–Crippen LogP) is 3.14. The second kappa shape index (κ2) is 10.9. The summed E-state index contributed by atoms with van der Waals surface area (Å²) in [4.78, 5) is 37.4. The molecule has 0 unspecified atom stereocenters. The summed E-state index contributed by atoms with van der Waals surface area (Å²) in [5.41, 5.74) is 2.22. The van der Waals surface area contributed by atoms with Gasteiger partial charge in [-0.05, 0) is 35.9 Å². The Hall–Kier alpha value is -2.32. The smallest absolute Gasteiger partial charge is 0.251 e. The largest absolute Gasteiger partial charge is 0.355 e. The number of hydrogen-bond donors (Lipinski definition) is 2. The van der Waals surface area contributed by atoms with Gasteiger partial charge in [-0.15, -0.1) is 11.8 Å². The molecular formula is C20H22BrN3O3S. The molecule has 2 rings (SSSR count). The lowest BCUT2D eigenvalue weighted by Gasteiger charge is -2.17. The van der Waals surface area contributed by atoms with Gasteiger partial charge in [0.05, 0.1) is 11.5 Å². The third-order valence-electron chi connectivity index (χ3n) is 3.86. The number of rotatable bonds is 8. The summed E-state index contributed by atoms with van der Waals surface area (Å²) in [6.45, 7) is 0.442. The Morgan fingerprint density at radius 1 is 1.07 bits per heavy atom. The molecular weight excluding hydrogens is 442 g/mol. The van der Waals surface area contributed by atoms with Crippen molar-refractivity contribution in [1.29, 1.82) is 0 Å². The van der Waals surface area contributed by atoms with E-state index in [1.165, 1.54) is 11.8 Å². The number of benzene rings is 2. The van der Waals surface area contributed by atoms with Crippen molar-refractivity contribution < 1.29 is 14.4 Å². The molecule has 0 atom stereocenters. The van der Waals surface area contributed by atoms with Crippen molar-refractivity contribution in [2.45, 2.75) is 6.54 Å². The highest BCUT2D eigenvalue weighted by atomic mass is 79.9. The number of halogens is 1. The van der Waals surface area contributed by atoms with Gasteiger partial charge in [0.25, 0.3) is 5.91 Å². The molecule has 2 N–H and O–H groups in total. The number of thioether (sulfide) groups is 1. The van der Waals surface area contributed by atoms with Crippen LogP contribution in [0.25, 0.3) is 0 Å². The Balaban J connectivity index is 1.74. The Morgan fingerprint density at radius 2 is 1.79 bits per heavy atom. The fraction of sp³-hybridized carbons (Fsp3) is 0.250. The minimum Gasteiger partial charge on any atom is -0.355 e. The van der Waals surface area contributed by atoms with Crippen molar-refractivity contribution in [3.05, 3.63) is 64.1 Å². The van der Waals surface area contributed by atoms with E-state index in [2.05, 4.69) is 26.6 Å². The van der Waals surface area contributed by atoms with Crippen LogP contribution in [-0.4, -0.2) is 48.2 Å². The van der Waals surface area contributed by atoms with Crippen LogP contribution in [0.2, 0.25) is 0 Å². The van der Waals surface area contributed by atoms with Crippen LogP contribution in [0.5, 0.6) is 0 Å². The average Bonchev–Trinajstić information content (AvgIpc) is 2.67. The van der Waals surface area contributed by atoms with Crippen LogP contribution in [-0.2, 0) is 16.1 Å². The maximum Gasteiger partial charge on any atom is 0.251 e. The van der Waals surface area contributed by atoms with E-state index in [0.717, 1.165) is 10.0 Å². The number of carbonyl (C=O) groups excluding carboxylic acids is 3. The highest BCUT2D eigenvalue weighted by Gasteiger charge is 2.12. The number of amides is 3. The first-order chi connectivity index (χ1) is 13.4. The quantitative estimate of drug-likeness (QED) is 0.630. The van der Waals surface area contributed by atoms with Gasteiger partial charge in [-0.25, -0.2) is 0 Å². The second-order valence-corrected chi connectivity index (χ2v) is 7.98. The molecule has 2 aromatic rings. The summed E-state index contributed by atoms with van der Waals surface area (Å²) >= 11 is 4.63. The first kappa shape index (κ1) is 22.0. The lowest BCUT2D eigenvalue weighted by molar-refractivity contribution is -0.127. The Bertz CT molecular complexity index is 843. The van der Waals surface area contributed by atoms with Gasteiger partial charge >= 0.3 is 0 Å². The Kier molecular flexibility index (Phi) is 8.53. The minimum atomic E-state index is -0.150. The van der Waals surface area contributed by atoms with E-state index in [1.54, 1.807) is 31.1 Å². The van der Waals surface area contributed by atoms with E-state index >= 15 is 0 Å². The van der Waals surface area contributed by atoms with Crippen molar-refractivity contribution in [2.75, 3.05) is 30.9 Å². The molecule has 0 bridgehead atoms. The zero-order chi connectivity index (χ0) is 20.5. The van der Waals surface area contributed by atoms with Gasteiger partial charge in [0.15, 0.2) is 0 Å². The van der Waals surface area contributed by atoms with E-state index in [-0.39, 0.29) is 29.2 Å². The van der Waals surface area contributed by atoms with Crippen LogP contribution >= 0.6 is 27.7 Å². The van der Waals surface area contributed by atoms with Gasteiger partial charge in [-0.2, -0.15) is 0 Å². The van der Waals surface area contributed by atoms with E-state index in [0.29, 0.717) is 17.8 Å². The van der Waals surface area contributed by atoms with Crippen LogP contribution in [0.3, 0.4) is 0 Å². The molecule has 148 valence electrons. The van der Waals surface area contributed by atoms with Crippen LogP contribution in [0.1, 0.15) is 15.9 Å². The second-order valence-electron chi connectivity index (χ2n) is 6.08. The van der Waals surface area contributed by atoms with Crippen LogP contribution in [0.15, 0.2) is 53.0 Å². The van der Waals surface area contributed by atoms with Crippen molar-refractivity contribution in [3.63, 3.8) is 0 Å². The number of nitrogens with zero attached hydrogens (tertiary/aromatic N) is 1. The minimum absolute atomic E-state index is 0.0596. The molecule has 0 fully saturated rings. The molecule has 0 spiro atoms. The van der Waals surface area contributed by atoms with Gasteiger partial charge in [0.2, 0.25) is 11.8 Å². The lowest BCUT2D eigenvalue weighted by atomic mass is 10.1. The molecule has 2 aromatic carbocycles. The normalized spacial score (nSPS) is 10.2. The first-order valence-electron chi connectivity index (χ1n) is 8.57. The van der Waals surface area contributed by atoms with Gasteiger partial charge in [-0.1, -0.05) is 34.1 Å². The van der Waals surface area contributed by atoms with Gasteiger partial charge in [0, 0.05) is 36.4 Å². The lowest BCUT2D eigenvalue weighted by Crippen LogP contribution is -2.28. The summed E-state index contributed by atoms with van der Waals surface area (Å²) in [7, 11) is 3.30. The van der Waals surface area contributed by atoms with Crippen molar-refractivity contribution in [2.24, 2.45) is 0 Å². The predicted molar refractivity (Wildman–Crippen MR) is 116 cm³/mol. The standard InChI is InChI=1S/C20H22BrN3O3S/c1-22-20(27)15-8-6-14(7-9-15)11-24(2)19(26)13-28-12-18(25)23-17-5-3-4-16(21)10-17/h3-10H,11-13H2,1-2H3,(H,22,27)(H,23,25).